The zero-order chi connectivity index (χ0) is 41.4. The molecule has 12 nitrogen and oxygen atoms in total. The fourth-order valence-electron chi connectivity index (χ4n) is 6.41. The van der Waals surface area contributed by atoms with Crippen LogP contribution in [0.15, 0.2) is 75.3 Å². The van der Waals surface area contributed by atoms with Crippen LogP contribution in [-0.4, -0.2) is 85.9 Å². The Morgan fingerprint density at radius 2 is 1.12 bits per heavy atom. The number of halogens is 1. The van der Waals surface area contributed by atoms with E-state index in [1.54, 1.807) is 47.6 Å². The van der Waals surface area contributed by atoms with Gasteiger partial charge in [0.15, 0.2) is 29.2 Å². The number of ether oxygens (including phenoxy) is 4. The number of esters is 2. The van der Waals surface area contributed by atoms with Crippen molar-refractivity contribution in [2.75, 3.05) is 26.4 Å². The van der Waals surface area contributed by atoms with Crippen LogP contribution in [-0.2, 0) is 54.6 Å². The fraction of sp³-hybridized carbons (Fsp3) is 0.561. The van der Waals surface area contributed by atoms with E-state index in [9.17, 15) is 26.4 Å². The number of nitrogens with zero attached hydrogens (tertiary/aromatic N) is 2. The lowest BCUT2D eigenvalue weighted by Crippen LogP contribution is -2.53. The molecule has 2 aliphatic rings. The number of carbonyl (C=O) groups is 2. The number of hydrogen-bond acceptors (Lipinski definition) is 12. The third-order valence-electron chi connectivity index (χ3n) is 9.55. The van der Waals surface area contributed by atoms with Gasteiger partial charge in [-0.1, -0.05) is 44.0 Å². The smallest absolute Gasteiger partial charge is 0.328 e. The monoisotopic (exact) mass is 878 g/mol. The van der Waals surface area contributed by atoms with Crippen molar-refractivity contribution in [1.82, 2.24) is 9.97 Å². The minimum atomic E-state index is -4.03. The maximum Gasteiger partial charge on any atom is 0.328 e. The Hall–Kier alpha value is -3.24. The Bertz CT molecular complexity index is 1990. The molecule has 0 unspecified atom stereocenters. The Morgan fingerprint density at radius 3 is 1.50 bits per heavy atom. The summed E-state index contributed by atoms with van der Waals surface area (Å²) in [5.74, 6) is -1.45. The summed E-state index contributed by atoms with van der Waals surface area (Å²) in [6, 6.07) is 14.4. The van der Waals surface area contributed by atoms with Crippen molar-refractivity contribution in [3.8, 4) is 11.3 Å². The maximum atomic E-state index is 13.7. The van der Waals surface area contributed by atoms with Crippen molar-refractivity contribution in [2.24, 2.45) is 0 Å². The highest BCUT2D eigenvalue weighted by molar-refractivity contribution is 9.10. The Morgan fingerprint density at radius 1 is 0.679 bits per heavy atom. The number of pyridine rings is 2. The van der Waals surface area contributed by atoms with E-state index in [0.29, 0.717) is 10.3 Å². The highest BCUT2D eigenvalue weighted by Gasteiger charge is 2.55. The van der Waals surface area contributed by atoms with Gasteiger partial charge in [0.25, 0.3) is 0 Å². The molecule has 2 fully saturated rings. The molecule has 56 heavy (non-hydrogen) atoms. The Labute approximate surface area is 340 Å². The molecule has 0 atom stereocenters. The molecule has 0 amide bonds. The largest absolute Gasteiger partial charge is 0.459 e. The Balaban J connectivity index is 0.000000265. The van der Waals surface area contributed by atoms with Gasteiger partial charge in [0.05, 0.1) is 15.5 Å². The second kappa shape index (κ2) is 18.6. The van der Waals surface area contributed by atoms with Crippen LogP contribution in [0.25, 0.3) is 11.3 Å². The van der Waals surface area contributed by atoms with Crippen LogP contribution in [0.1, 0.15) is 99.0 Å². The maximum absolute atomic E-state index is 13.7. The number of rotatable bonds is 11. The van der Waals surface area contributed by atoms with Crippen LogP contribution in [0.5, 0.6) is 0 Å². The molecule has 5 rings (SSSR count). The summed E-state index contributed by atoms with van der Waals surface area (Å²) in [4.78, 5) is 34.2. The third-order valence-corrected chi connectivity index (χ3v) is 14.9. The molecule has 2 aromatic heterocycles. The van der Waals surface area contributed by atoms with Gasteiger partial charge in [-0.05, 0) is 100 Å². The third kappa shape index (κ3) is 10.8. The van der Waals surface area contributed by atoms with Gasteiger partial charge in [0.2, 0.25) is 0 Å². The van der Waals surface area contributed by atoms with E-state index in [2.05, 4.69) is 45.0 Å². The standard InChI is InChI=1S/C26H35NO5S.C15H20BrNO5S/c1-5-6-7-8-20-9-11-21(12-10-20)23-14-13-22(19-27-23)33(29,30)26(15-17-31-18-16-26)24(28)32-25(2,3)4;1-14(2,3)22-13(18)15(6-8-21-9-7-15)23(19,20)11-4-5-12(16)17-10-11/h9-14,19H,5-8,15-18H2,1-4H3;4-5,10H,6-9H2,1-3H3. The summed E-state index contributed by atoms with van der Waals surface area (Å²) in [5.41, 5.74) is 1.34. The van der Waals surface area contributed by atoms with E-state index in [1.165, 1.54) is 55.4 Å². The molecule has 308 valence electrons. The van der Waals surface area contributed by atoms with Gasteiger partial charge in [0.1, 0.15) is 15.8 Å². The lowest BCUT2D eigenvalue weighted by atomic mass is 9.99. The van der Waals surface area contributed by atoms with Crippen molar-refractivity contribution in [2.45, 2.75) is 130 Å². The number of unbranched alkanes of at least 4 members (excludes halogenated alkanes) is 2. The molecule has 0 N–H and O–H groups in total. The molecular formula is C41H55BrN2O10S2. The van der Waals surface area contributed by atoms with Crippen LogP contribution in [0.2, 0.25) is 0 Å². The molecule has 0 radical (unpaired) electrons. The highest BCUT2D eigenvalue weighted by Crippen LogP contribution is 2.39. The van der Waals surface area contributed by atoms with E-state index in [-0.39, 0.29) is 61.9 Å². The zero-order valence-electron chi connectivity index (χ0n) is 33.4. The van der Waals surface area contributed by atoms with Gasteiger partial charge in [-0.3, -0.25) is 14.6 Å². The van der Waals surface area contributed by atoms with Crippen LogP contribution < -0.4 is 0 Å². The average Bonchev–Trinajstić information content (AvgIpc) is 3.15. The summed E-state index contributed by atoms with van der Waals surface area (Å²) < 4.78 is 72.4. The number of aromatic nitrogens is 2. The average molecular weight is 880 g/mol. The molecule has 0 saturated carbocycles. The first-order valence-electron chi connectivity index (χ1n) is 19.0. The number of aryl methyl sites for hydroxylation is 1. The predicted molar refractivity (Wildman–Crippen MR) is 216 cm³/mol. The lowest BCUT2D eigenvalue weighted by molar-refractivity contribution is -0.161. The van der Waals surface area contributed by atoms with Crippen LogP contribution in [0.3, 0.4) is 0 Å². The number of carbonyl (C=O) groups excluding carboxylic acids is 2. The molecule has 3 aromatic rings. The van der Waals surface area contributed by atoms with Gasteiger partial charge < -0.3 is 18.9 Å². The lowest BCUT2D eigenvalue weighted by Gasteiger charge is -2.36. The first-order valence-corrected chi connectivity index (χ1v) is 22.7. The molecule has 4 heterocycles. The van der Waals surface area contributed by atoms with Crippen molar-refractivity contribution in [3.05, 3.63) is 71.1 Å². The quantitative estimate of drug-likeness (QED) is 0.105. The molecular weight excluding hydrogens is 824 g/mol. The van der Waals surface area contributed by atoms with E-state index in [1.807, 2.05) is 12.1 Å². The molecule has 1 aromatic carbocycles. The fourth-order valence-corrected chi connectivity index (χ4v) is 10.4. The minimum Gasteiger partial charge on any atom is -0.459 e. The minimum absolute atomic E-state index is 0.00783. The molecule has 15 heteroatoms. The van der Waals surface area contributed by atoms with E-state index < -0.39 is 52.3 Å². The van der Waals surface area contributed by atoms with Crippen molar-refractivity contribution in [3.63, 3.8) is 0 Å². The van der Waals surface area contributed by atoms with Crippen molar-refractivity contribution < 1.29 is 45.4 Å². The number of hydrogen-bond donors (Lipinski definition) is 0. The highest BCUT2D eigenvalue weighted by atomic mass is 79.9. The van der Waals surface area contributed by atoms with Crippen molar-refractivity contribution in [1.29, 1.82) is 0 Å². The first-order chi connectivity index (χ1) is 26.2. The molecule has 0 spiro atoms. The topological polar surface area (TPSA) is 165 Å². The summed E-state index contributed by atoms with van der Waals surface area (Å²) in [6.07, 6.45) is 7.50. The summed E-state index contributed by atoms with van der Waals surface area (Å²) in [7, 11) is -7.98. The van der Waals surface area contributed by atoms with Crippen LogP contribution in [0, 0.1) is 0 Å². The van der Waals surface area contributed by atoms with E-state index in [0.717, 1.165) is 12.0 Å². The SMILES string of the molecule is CC(C)(C)OC(=O)C1(S(=O)(=O)c2ccc(Br)nc2)CCOCC1.CCCCCc1ccc(-c2ccc(S(=O)(=O)C3(C(=O)OC(C)(C)C)CCOCC3)cn2)cc1. The molecule has 2 saturated heterocycles. The van der Waals surface area contributed by atoms with Gasteiger partial charge in [-0.2, -0.15) is 0 Å². The van der Waals surface area contributed by atoms with E-state index in [4.69, 9.17) is 18.9 Å². The van der Waals surface area contributed by atoms with Gasteiger partial charge in [-0.25, -0.2) is 21.8 Å². The Kier molecular flexibility index (Phi) is 15.1. The summed E-state index contributed by atoms with van der Waals surface area (Å²) in [6.45, 7) is 13.3. The predicted octanol–water partition coefficient (Wildman–Crippen LogP) is 7.65. The number of sulfone groups is 2. The first kappa shape index (κ1) is 45.5. The second-order valence-electron chi connectivity index (χ2n) is 16.1. The van der Waals surface area contributed by atoms with Crippen molar-refractivity contribution >= 4 is 47.5 Å². The zero-order valence-corrected chi connectivity index (χ0v) is 36.6. The van der Waals surface area contributed by atoms with Crippen LogP contribution >= 0.6 is 15.9 Å². The molecule has 2 aliphatic heterocycles. The van der Waals surface area contributed by atoms with E-state index >= 15 is 0 Å². The molecule has 0 bridgehead atoms. The van der Waals surface area contributed by atoms with Crippen LogP contribution in [0.4, 0.5) is 0 Å². The molecule has 0 aliphatic carbocycles. The normalized spacial score (nSPS) is 17.2. The van der Waals surface area contributed by atoms with Gasteiger partial charge in [0, 0.05) is 70.1 Å². The number of benzene rings is 1. The summed E-state index contributed by atoms with van der Waals surface area (Å²) in [5, 5.41) is 0. The summed E-state index contributed by atoms with van der Waals surface area (Å²) >= 11 is 3.17. The second-order valence-corrected chi connectivity index (χ2v) is 21.4. The van der Waals surface area contributed by atoms with Gasteiger partial charge >= 0.3 is 11.9 Å². The van der Waals surface area contributed by atoms with Gasteiger partial charge in [-0.15, -0.1) is 0 Å².